The van der Waals surface area contributed by atoms with Crippen LogP contribution in [0.3, 0.4) is 0 Å². The SMILES string of the molecule is CCC(Oc1cccc(C)c1)C(=O)Nc1cccc(C(=O)N2CCOCC2)c1. The fraction of sp³-hybridized carbons (Fsp3) is 0.364. The smallest absolute Gasteiger partial charge is 0.265 e. The molecule has 2 amide bonds. The number of aryl methyl sites for hydroxylation is 1. The third-order valence-electron chi connectivity index (χ3n) is 4.61. The number of ether oxygens (including phenoxy) is 2. The zero-order valence-corrected chi connectivity index (χ0v) is 16.3. The predicted molar refractivity (Wildman–Crippen MR) is 108 cm³/mol. The van der Waals surface area contributed by atoms with Crippen LogP contribution >= 0.6 is 0 Å². The molecule has 6 nitrogen and oxygen atoms in total. The van der Waals surface area contributed by atoms with Crippen molar-refractivity contribution in [3.8, 4) is 5.75 Å². The monoisotopic (exact) mass is 382 g/mol. The molecule has 1 saturated heterocycles. The van der Waals surface area contributed by atoms with Gasteiger partial charge in [0.05, 0.1) is 13.2 Å². The summed E-state index contributed by atoms with van der Waals surface area (Å²) in [6.45, 7) is 6.14. The number of nitrogens with zero attached hydrogens (tertiary/aromatic N) is 1. The minimum atomic E-state index is -0.611. The van der Waals surface area contributed by atoms with Crippen molar-refractivity contribution in [3.05, 3.63) is 59.7 Å². The van der Waals surface area contributed by atoms with Crippen LogP contribution in [0.4, 0.5) is 5.69 Å². The van der Waals surface area contributed by atoms with Gasteiger partial charge in [-0.15, -0.1) is 0 Å². The first-order valence-corrected chi connectivity index (χ1v) is 9.58. The Labute approximate surface area is 165 Å². The molecule has 1 aliphatic heterocycles. The Balaban J connectivity index is 1.66. The van der Waals surface area contributed by atoms with E-state index in [2.05, 4.69) is 5.32 Å². The molecule has 1 aliphatic rings. The highest BCUT2D eigenvalue weighted by Gasteiger charge is 2.21. The minimum Gasteiger partial charge on any atom is -0.481 e. The second-order valence-electron chi connectivity index (χ2n) is 6.81. The Bertz CT molecular complexity index is 831. The number of carbonyl (C=O) groups is 2. The third-order valence-corrected chi connectivity index (χ3v) is 4.61. The van der Waals surface area contributed by atoms with Crippen LogP contribution in [-0.2, 0) is 9.53 Å². The van der Waals surface area contributed by atoms with Crippen molar-refractivity contribution >= 4 is 17.5 Å². The maximum absolute atomic E-state index is 12.7. The molecule has 0 saturated carbocycles. The van der Waals surface area contributed by atoms with Crippen LogP contribution < -0.4 is 10.1 Å². The van der Waals surface area contributed by atoms with E-state index in [9.17, 15) is 9.59 Å². The van der Waals surface area contributed by atoms with E-state index >= 15 is 0 Å². The lowest BCUT2D eigenvalue weighted by atomic mass is 10.1. The molecule has 1 heterocycles. The van der Waals surface area contributed by atoms with Crippen molar-refractivity contribution in [2.24, 2.45) is 0 Å². The second kappa shape index (κ2) is 9.37. The molecule has 28 heavy (non-hydrogen) atoms. The molecule has 0 aliphatic carbocycles. The summed E-state index contributed by atoms with van der Waals surface area (Å²) in [5.41, 5.74) is 2.20. The largest absolute Gasteiger partial charge is 0.481 e. The first kappa shape index (κ1) is 19.9. The fourth-order valence-corrected chi connectivity index (χ4v) is 3.08. The van der Waals surface area contributed by atoms with Crippen LogP contribution in [0.2, 0.25) is 0 Å². The van der Waals surface area contributed by atoms with Crippen molar-refractivity contribution in [2.45, 2.75) is 26.4 Å². The molecule has 148 valence electrons. The molecule has 3 rings (SSSR count). The highest BCUT2D eigenvalue weighted by molar-refractivity contribution is 5.98. The van der Waals surface area contributed by atoms with E-state index in [0.29, 0.717) is 49.7 Å². The van der Waals surface area contributed by atoms with Gasteiger partial charge in [0.25, 0.3) is 11.8 Å². The molecular weight excluding hydrogens is 356 g/mol. The lowest BCUT2D eigenvalue weighted by Crippen LogP contribution is -2.40. The van der Waals surface area contributed by atoms with Gasteiger partial charge in [0.15, 0.2) is 6.10 Å². The Kier molecular flexibility index (Phi) is 6.66. The van der Waals surface area contributed by atoms with E-state index in [-0.39, 0.29) is 11.8 Å². The molecule has 1 atom stereocenters. The lowest BCUT2D eigenvalue weighted by molar-refractivity contribution is -0.122. The molecular formula is C22H26N2O4. The second-order valence-corrected chi connectivity index (χ2v) is 6.81. The van der Waals surface area contributed by atoms with Gasteiger partial charge in [-0.2, -0.15) is 0 Å². The average Bonchev–Trinajstić information content (AvgIpc) is 2.72. The summed E-state index contributed by atoms with van der Waals surface area (Å²) in [6, 6.07) is 14.6. The summed E-state index contributed by atoms with van der Waals surface area (Å²) < 4.78 is 11.1. The van der Waals surface area contributed by atoms with Crippen LogP contribution in [0.25, 0.3) is 0 Å². The van der Waals surface area contributed by atoms with Crippen LogP contribution in [0.15, 0.2) is 48.5 Å². The highest BCUT2D eigenvalue weighted by Crippen LogP contribution is 2.18. The van der Waals surface area contributed by atoms with E-state index in [1.165, 1.54) is 0 Å². The molecule has 0 spiro atoms. The van der Waals surface area contributed by atoms with Gasteiger partial charge in [0.2, 0.25) is 0 Å². The van der Waals surface area contributed by atoms with E-state index in [1.54, 1.807) is 29.2 Å². The number of amides is 2. The number of hydrogen-bond acceptors (Lipinski definition) is 4. The maximum Gasteiger partial charge on any atom is 0.265 e. The molecule has 1 fully saturated rings. The Hall–Kier alpha value is -2.86. The fourth-order valence-electron chi connectivity index (χ4n) is 3.08. The van der Waals surface area contributed by atoms with Crippen molar-refractivity contribution in [1.29, 1.82) is 0 Å². The van der Waals surface area contributed by atoms with E-state index in [1.807, 2.05) is 38.1 Å². The van der Waals surface area contributed by atoms with E-state index in [0.717, 1.165) is 5.56 Å². The summed E-state index contributed by atoms with van der Waals surface area (Å²) in [6.07, 6.45) is -0.0768. The van der Waals surface area contributed by atoms with E-state index in [4.69, 9.17) is 9.47 Å². The molecule has 0 radical (unpaired) electrons. The molecule has 6 heteroatoms. The van der Waals surface area contributed by atoms with Gasteiger partial charge in [-0.05, 0) is 49.2 Å². The quantitative estimate of drug-likeness (QED) is 0.833. The first-order valence-electron chi connectivity index (χ1n) is 9.58. The zero-order chi connectivity index (χ0) is 19.9. The summed E-state index contributed by atoms with van der Waals surface area (Å²) >= 11 is 0. The number of nitrogens with one attached hydrogen (secondary N) is 1. The predicted octanol–water partition coefficient (Wildman–Crippen LogP) is 3.26. The molecule has 1 unspecified atom stereocenters. The van der Waals surface area contributed by atoms with Crippen molar-refractivity contribution in [3.63, 3.8) is 0 Å². The molecule has 2 aromatic rings. The van der Waals surface area contributed by atoms with Gasteiger partial charge in [0, 0.05) is 24.3 Å². The van der Waals surface area contributed by atoms with Crippen molar-refractivity contribution in [2.75, 3.05) is 31.6 Å². The van der Waals surface area contributed by atoms with Crippen molar-refractivity contribution < 1.29 is 19.1 Å². The third kappa shape index (κ3) is 5.10. The van der Waals surface area contributed by atoms with Gasteiger partial charge >= 0.3 is 0 Å². The topological polar surface area (TPSA) is 67.9 Å². The number of rotatable bonds is 6. The summed E-state index contributed by atoms with van der Waals surface area (Å²) in [5, 5.41) is 2.87. The highest BCUT2D eigenvalue weighted by atomic mass is 16.5. The molecule has 0 aromatic heterocycles. The normalized spacial score (nSPS) is 15.0. The van der Waals surface area contributed by atoms with Crippen LogP contribution in [0.1, 0.15) is 29.3 Å². The number of anilines is 1. The zero-order valence-electron chi connectivity index (χ0n) is 16.3. The number of morpholine rings is 1. The summed E-state index contributed by atoms with van der Waals surface area (Å²) in [7, 11) is 0. The first-order chi connectivity index (χ1) is 13.6. The number of carbonyl (C=O) groups excluding carboxylic acids is 2. The van der Waals surface area contributed by atoms with Gasteiger partial charge in [0.1, 0.15) is 5.75 Å². The average molecular weight is 382 g/mol. The number of benzene rings is 2. The summed E-state index contributed by atoms with van der Waals surface area (Å²) in [4.78, 5) is 27.1. The standard InChI is InChI=1S/C22H26N2O4/c1-3-20(28-19-9-4-6-16(2)14-19)21(25)23-18-8-5-7-17(15-18)22(26)24-10-12-27-13-11-24/h4-9,14-15,20H,3,10-13H2,1-2H3,(H,23,25). The Morgan fingerprint density at radius 3 is 2.61 bits per heavy atom. The van der Waals surface area contributed by atoms with Gasteiger partial charge in [-0.25, -0.2) is 0 Å². The van der Waals surface area contributed by atoms with Crippen LogP contribution in [0.5, 0.6) is 5.75 Å². The van der Waals surface area contributed by atoms with E-state index < -0.39 is 6.10 Å². The van der Waals surface area contributed by atoms with Gasteiger partial charge in [-0.3, -0.25) is 9.59 Å². The molecule has 2 aromatic carbocycles. The number of hydrogen-bond donors (Lipinski definition) is 1. The van der Waals surface area contributed by atoms with Crippen LogP contribution in [-0.4, -0.2) is 49.1 Å². The lowest BCUT2D eigenvalue weighted by Gasteiger charge is -2.27. The van der Waals surface area contributed by atoms with Crippen molar-refractivity contribution in [1.82, 2.24) is 4.90 Å². The maximum atomic E-state index is 12.7. The van der Waals surface area contributed by atoms with Gasteiger partial charge < -0.3 is 19.7 Å². The Morgan fingerprint density at radius 1 is 1.14 bits per heavy atom. The molecule has 1 N–H and O–H groups in total. The van der Waals surface area contributed by atoms with Gasteiger partial charge in [-0.1, -0.05) is 25.1 Å². The minimum absolute atomic E-state index is 0.0533. The summed E-state index contributed by atoms with van der Waals surface area (Å²) in [5.74, 6) is 0.376. The van der Waals surface area contributed by atoms with Crippen LogP contribution in [0, 0.1) is 6.92 Å². The molecule has 0 bridgehead atoms. The Morgan fingerprint density at radius 2 is 1.89 bits per heavy atom.